The molecule has 0 atom stereocenters. The van der Waals surface area contributed by atoms with Crippen LogP contribution in [0.25, 0.3) is 11.4 Å². The molecule has 23 heavy (non-hydrogen) atoms. The van der Waals surface area contributed by atoms with Gasteiger partial charge in [0.15, 0.2) is 0 Å². The molecule has 0 fully saturated rings. The summed E-state index contributed by atoms with van der Waals surface area (Å²) >= 11 is 0. The fourth-order valence-corrected chi connectivity index (χ4v) is 2.12. The average Bonchev–Trinajstić information content (AvgIpc) is 3.02. The van der Waals surface area contributed by atoms with Gasteiger partial charge >= 0.3 is 0 Å². The van der Waals surface area contributed by atoms with Crippen LogP contribution in [0.5, 0.6) is 0 Å². The van der Waals surface area contributed by atoms with E-state index in [9.17, 15) is 9.18 Å². The lowest BCUT2D eigenvalue weighted by Crippen LogP contribution is -2.23. The van der Waals surface area contributed by atoms with Crippen molar-refractivity contribution in [3.63, 3.8) is 0 Å². The molecule has 0 radical (unpaired) electrons. The van der Waals surface area contributed by atoms with Crippen LogP contribution < -0.4 is 5.32 Å². The van der Waals surface area contributed by atoms with Gasteiger partial charge in [-0.25, -0.2) is 4.39 Å². The highest BCUT2D eigenvalue weighted by molar-refractivity contribution is 5.94. The number of aromatic nitrogens is 2. The van der Waals surface area contributed by atoms with Gasteiger partial charge in [-0.2, -0.15) is 4.98 Å². The van der Waals surface area contributed by atoms with Crippen LogP contribution in [0.1, 0.15) is 21.8 Å². The number of nitrogens with zero attached hydrogens (tertiary/aromatic N) is 2. The molecule has 1 amide bonds. The molecule has 6 heteroatoms. The molecule has 116 valence electrons. The Morgan fingerprint density at radius 3 is 2.83 bits per heavy atom. The van der Waals surface area contributed by atoms with Crippen molar-refractivity contribution in [2.24, 2.45) is 0 Å². The molecular formula is C17H14FN3O2. The monoisotopic (exact) mass is 311 g/mol. The van der Waals surface area contributed by atoms with Gasteiger partial charge in [0.05, 0.1) is 12.1 Å². The van der Waals surface area contributed by atoms with E-state index in [0.29, 0.717) is 5.82 Å². The lowest BCUT2D eigenvalue weighted by atomic mass is 10.1. The molecule has 0 saturated heterocycles. The second-order valence-corrected chi connectivity index (χ2v) is 5.04. The van der Waals surface area contributed by atoms with Crippen molar-refractivity contribution in [3.8, 4) is 11.4 Å². The lowest BCUT2D eigenvalue weighted by Gasteiger charge is -2.02. The number of halogens is 1. The summed E-state index contributed by atoms with van der Waals surface area (Å²) in [6.45, 7) is 2.01. The molecule has 5 nitrogen and oxygen atoms in total. The first-order chi connectivity index (χ1) is 11.1. The van der Waals surface area contributed by atoms with Crippen molar-refractivity contribution < 1.29 is 13.7 Å². The largest absolute Gasteiger partial charge is 0.343 e. The predicted molar refractivity (Wildman–Crippen MR) is 82.0 cm³/mol. The summed E-state index contributed by atoms with van der Waals surface area (Å²) < 4.78 is 18.6. The Kier molecular flexibility index (Phi) is 4.14. The molecule has 3 aromatic rings. The van der Waals surface area contributed by atoms with Crippen molar-refractivity contribution in [1.82, 2.24) is 15.5 Å². The molecule has 0 unspecified atom stereocenters. The lowest BCUT2D eigenvalue weighted by molar-refractivity contribution is 0.0942. The van der Waals surface area contributed by atoms with E-state index in [1.807, 2.05) is 31.2 Å². The maximum atomic E-state index is 13.5. The van der Waals surface area contributed by atoms with Gasteiger partial charge in [0, 0.05) is 5.56 Å². The Morgan fingerprint density at radius 2 is 2.04 bits per heavy atom. The predicted octanol–water partition coefficient (Wildman–Crippen LogP) is 3.11. The van der Waals surface area contributed by atoms with Crippen molar-refractivity contribution in [2.45, 2.75) is 13.5 Å². The van der Waals surface area contributed by atoms with Gasteiger partial charge in [0.1, 0.15) is 5.82 Å². The van der Waals surface area contributed by atoms with Crippen LogP contribution >= 0.6 is 0 Å². The average molecular weight is 311 g/mol. The quantitative estimate of drug-likeness (QED) is 0.804. The van der Waals surface area contributed by atoms with Gasteiger partial charge in [0.25, 0.3) is 5.91 Å². The van der Waals surface area contributed by atoms with Crippen molar-refractivity contribution in [2.75, 3.05) is 0 Å². The van der Waals surface area contributed by atoms with Crippen molar-refractivity contribution in [1.29, 1.82) is 0 Å². The van der Waals surface area contributed by atoms with Gasteiger partial charge < -0.3 is 9.84 Å². The van der Waals surface area contributed by atoms with Crippen LogP contribution in [-0.2, 0) is 6.54 Å². The minimum Gasteiger partial charge on any atom is -0.343 e. The number of aryl methyl sites for hydroxylation is 1. The Morgan fingerprint density at radius 1 is 1.22 bits per heavy atom. The van der Waals surface area contributed by atoms with Crippen molar-refractivity contribution >= 4 is 5.91 Å². The van der Waals surface area contributed by atoms with Crippen LogP contribution in [0.4, 0.5) is 4.39 Å². The number of hydrogen-bond donors (Lipinski definition) is 1. The van der Waals surface area contributed by atoms with E-state index in [1.54, 1.807) is 6.07 Å². The summed E-state index contributed by atoms with van der Waals surface area (Å²) in [4.78, 5) is 16.1. The number of hydrogen-bond acceptors (Lipinski definition) is 4. The molecular weight excluding hydrogens is 297 g/mol. The molecule has 1 N–H and O–H groups in total. The maximum absolute atomic E-state index is 13.5. The van der Waals surface area contributed by atoms with Crippen LogP contribution in [0.2, 0.25) is 0 Å². The molecule has 0 spiro atoms. The molecule has 0 saturated carbocycles. The van der Waals surface area contributed by atoms with Gasteiger partial charge in [-0.15, -0.1) is 0 Å². The fraction of sp³-hybridized carbons (Fsp3) is 0.118. The molecule has 1 heterocycles. The smallest absolute Gasteiger partial charge is 0.254 e. The number of amides is 1. The van der Waals surface area contributed by atoms with Crippen LogP contribution in [0, 0.1) is 12.7 Å². The van der Waals surface area contributed by atoms with Gasteiger partial charge in [-0.3, -0.25) is 4.79 Å². The normalized spacial score (nSPS) is 10.5. The third-order valence-electron chi connectivity index (χ3n) is 3.26. The molecule has 0 aliphatic carbocycles. The summed E-state index contributed by atoms with van der Waals surface area (Å²) in [5.74, 6) is -0.399. The Hall–Kier alpha value is -3.02. The zero-order chi connectivity index (χ0) is 16.2. The maximum Gasteiger partial charge on any atom is 0.254 e. The van der Waals surface area contributed by atoms with Crippen LogP contribution in [-0.4, -0.2) is 16.0 Å². The molecule has 1 aromatic heterocycles. The van der Waals surface area contributed by atoms with Gasteiger partial charge in [-0.1, -0.05) is 41.1 Å². The second-order valence-electron chi connectivity index (χ2n) is 5.04. The Balaban J connectivity index is 1.68. The summed E-state index contributed by atoms with van der Waals surface area (Å²) in [6, 6.07) is 13.5. The standard InChI is InChI=1S/C17H14FN3O2/c1-11-5-4-6-12(9-11)16-20-15(23-21-16)10-19-17(22)13-7-2-3-8-14(13)18/h2-9H,10H2,1H3,(H,19,22). The number of rotatable bonds is 4. The Labute approximate surface area is 132 Å². The molecule has 0 bridgehead atoms. The van der Waals surface area contributed by atoms with Gasteiger partial charge in [-0.05, 0) is 25.1 Å². The number of nitrogens with one attached hydrogen (secondary N) is 1. The van der Waals surface area contributed by atoms with E-state index in [4.69, 9.17) is 4.52 Å². The van der Waals surface area contributed by atoms with Crippen LogP contribution in [0.3, 0.4) is 0 Å². The summed E-state index contributed by atoms with van der Waals surface area (Å²) in [6.07, 6.45) is 0. The zero-order valence-electron chi connectivity index (χ0n) is 12.4. The zero-order valence-corrected chi connectivity index (χ0v) is 12.4. The SMILES string of the molecule is Cc1cccc(-c2noc(CNC(=O)c3ccccc3F)n2)c1. The summed E-state index contributed by atoms with van der Waals surface area (Å²) in [5, 5.41) is 6.44. The second kappa shape index (κ2) is 6.39. The van der Waals surface area contributed by atoms with Crippen LogP contribution in [0.15, 0.2) is 53.1 Å². The van der Waals surface area contributed by atoms with E-state index < -0.39 is 11.7 Å². The fourth-order valence-electron chi connectivity index (χ4n) is 2.12. The first kappa shape index (κ1) is 14.9. The highest BCUT2D eigenvalue weighted by Crippen LogP contribution is 2.17. The van der Waals surface area contributed by atoms with E-state index in [2.05, 4.69) is 15.5 Å². The number of benzene rings is 2. The van der Waals surface area contributed by atoms with Gasteiger partial charge in [0.2, 0.25) is 11.7 Å². The summed E-state index contributed by atoms with van der Waals surface area (Å²) in [7, 11) is 0. The van der Waals surface area contributed by atoms with E-state index in [0.717, 1.165) is 11.1 Å². The van der Waals surface area contributed by atoms with E-state index in [1.165, 1.54) is 18.2 Å². The number of carbonyl (C=O) groups is 1. The number of carbonyl (C=O) groups excluding carboxylic acids is 1. The highest BCUT2D eigenvalue weighted by Gasteiger charge is 2.13. The molecule has 0 aliphatic rings. The third-order valence-corrected chi connectivity index (χ3v) is 3.26. The highest BCUT2D eigenvalue weighted by atomic mass is 19.1. The van der Waals surface area contributed by atoms with Crippen molar-refractivity contribution in [3.05, 3.63) is 71.4 Å². The minimum absolute atomic E-state index is 0.0223. The molecule has 0 aliphatic heterocycles. The third kappa shape index (κ3) is 3.42. The molecule has 2 aromatic carbocycles. The Bertz CT molecular complexity index is 845. The first-order valence-corrected chi connectivity index (χ1v) is 7.06. The first-order valence-electron chi connectivity index (χ1n) is 7.06. The van der Waals surface area contributed by atoms with E-state index >= 15 is 0 Å². The topological polar surface area (TPSA) is 68.0 Å². The van der Waals surface area contributed by atoms with E-state index in [-0.39, 0.29) is 18.0 Å². The minimum atomic E-state index is -0.573. The molecule has 3 rings (SSSR count). The summed E-state index contributed by atoms with van der Waals surface area (Å²) in [5.41, 5.74) is 1.90.